The molecule has 1 rings (SSSR count). The van der Waals surface area contributed by atoms with Crippen LogP contribution >= 0.6 is 0 Å². The molecule has 0 aromatic rings. The van der Waals surface area contributed by atoms with Crippen LogP contribution in [0, 0.1) is 11.8 Å². The molecule has 0 aliphatic heterocycles. The van der Waals surface area contributed by atoms with Crippen LogP contribution in [-0.2, 0) is 4.79 Å². The summed E-state index contributed by atoms with van der Waals surface area (Å²) in [5.41, 5.74) is 0. The van der Waals surface area contributed by atoms with Crippen molar-refractivity contribution in [2.24, 2.45) is 11.8 Å². The molecule has 2 heteroatoms. The smallest absolute Gasteiger partial charge is 0.123 e. The lowest BCUT2D eigenvalue weighted by Gasteiger charge is -2.12. The van der Waals surface area contributed by atoms with E-state index in [1.807, 2.05) is 7.05 Å². The highest BCUT2D eigenvalue weighted by Crippen LogP contribution is 2.28. The molecule has 0 amide bonds. The summed E-state index contributed by atoms with van der Waals surface area (Å²) >= 11 is 0. The first-order valence-electron chi connectivity index (χ1n) is 3.90. The first kappa shape index (κ1) is 7.73. The van der Waals surface area contributed by atoms with E-state index in [4.69, 9.17) is 0 Å². The van der Waals surface area contributed by atoms with Crippen molar-refractivity contribution < 1.29 is 4.79 Å². The molecule has 0 spiro atoms. The maximum atomic E-state index is 10.4. The number of hydrogen-bond acceptors (Lipinski definition) is 2. The van der Waals surface area contributed by atoms with E-state index < -0.39 is 0 Å². The van der Waals surface area contributed by atoms with Crippen molar-refractivity contribution >= 4 is 6.29 Å². The molecule has 0 aromatic heterocycles. The molecule has 1 fully saturated rings. The Balaban J connectivity index is 2.43. The van der Waals surface area contributed by atoms with E-state index in [1.54, 1.807) is 0 Å². The summed E-state index contributed by atoms with van der Waals surface area (Å²) in [4.78, 5) is 10.4. The normalized spacial score (nSPS) is 40.0. The number of nitrogens with one attached hydrogen (secondary N) is 1. The largest absolute Gasteiger partial charge is 0.317 e. The summed E-state index contributed by atoms with van der Waals surface area (Å²) < 4.78 is 0. The molecule has 0 bridgehead atoms. The van der Waals surface area contributed by atoms with Crippen LogP contribution in [0.4, 0.5) is 0 Å². The minimum atomic E-state index is 0.312. The summed E-state index contributed by atoms with van der Waals surface area (Å²) in [6.45, 7) is 2.20. The molecule has 58 valence electrons. The molecule has 1 aliphatic carbocycles. The molecule has 1 N–H and O–H groups in total. The van der Waals surface area contributed by atoms with Crippen molar-refractivity contribution in [3.8, 4) is 0 Å². The molecular formula is C8H15NO. The second-order valence-electron chi connectivity index (χ2n) is 3.24. The highest BCUT2D eigenvalue weighted by atomic mass is 16.1. The Morgan fingerprint density at radius 2 is 2.20 bits per heavy atom. The summed E-state index contributed by atoms with van der Waals surface area (Å²) in [5.74, 6) is 0.979. The molecular weight excluding hydrogens is 126 g/mol. The van der Waals surface area contributed by atoms with Gasteiger partial charge in [-0.1, -0.05) is 6.92 Å². The Hall–Kier alpha value is -0.370. The second-order valence-corrected chi connectivity index (χ2v) is 3.24. The van der Waals surface area contributed by atoms with E-state index in [0.29, 0.717) is 17.9 Å². The second kappa shape index (κ2) is 3.15. The van der Waals surface area contributed by atoms with Gasteiger partial charge < -0.3 is 10.1 Å². The average Bonchev–Trinajstić information content (AvgIpc) is 2.30. The monoisotopic (exact) mass is 141 g/mol. The van der Waals surface area contributed by atoms with Gasteiger partial charge >= 0.3 is 0 Å². The third-order valence-electron chi connectivity index (χ3n) is 2.48. The summed E-state index contributed by atoms with van der Waals surface area (Å²) in [5, 5.41) is 3.22. The van der Waals surface area contributed by atoms with Crippen LogP contribution in [0.25, 0.3) is 0 Å². The van der Waals surface area contributed by atoms with Gasteiger partial charge in [0.05, 0.1) is 0 Å². The zero-order chi connectivity index (χ0) is 7.56. The zero-order valence-corrected chi connectivity index (χ0v) is 6.63. The fourth-order valence-electron chi connectivity index (χ4n) is 1.81. The van der Waals surface area contributed by atoms with Crippen LogP contribution in [0.2, 0.25) is 0 Å². The Labute approximate surface area is 62.0 Å². The minimum Gasteiger partial charge on any atom is -0.317 e. The molecule has 0 saturated heterocycles. The fraction of sp³-hybridized carbons (Fsp3) is 0.875. The molecule has 1 saturated carbocycles. The molecule has 0 heterocycles. The topological polar surface area (TPSA) is 29.1 Å². The predicted molar refractivity (Wildman–Crippen MR) is 40.8 cm³/mol. The molecule has 2 nitrogen and oxygen atoms in total. The first-order chi connectivity index (χ1) is 4.77. The number of carbonyl (C=O) groups is 1. The van der Waals surface area contributed by atoms with E-state index in [2.05, 4.69) is 12.2 Å². The van der Waals surface area contributed by atoms with Crippen LogP contribution in [-0.4, -0.2) is 19.4 Å². The standard InChI is InChI=1S/C8H15NO/c1-6-3-7(5-10)4-8(6)9-2/h5-9H,3-4H2,1-2H3. The van der Waals surface area contributed by atoms with E-state index >= 15 is 0 Å². The van der Waals surface area contributed by atoms with Crippen molar-refractivity contribution in [3.63, 3.8) is 0 Å². The van der Waals surface area contributed by atoms with Gasteiger partial charge in [-0.15, -0.1) is 0 Å². The summed E-state index contributed by atoms with van der Waals surface area (Å²) in [7, 11) is 1.97. The maximum Gasteiger partial charge on any atom is 0.123 e. The van der Waals surface area contributed by atoms with Gasteiger partial charge in [-0.05, 0) is 25.8 Å². The van der Waals surface area contributed by atoms with Gasteiger partial charge in [0.15, 0.2) is 0 Å². The Kier molecular flexibility index (Phi) is 2.44. The summed E-state index contributed by atoms with van der Waals surface area (Å²) in [6.07, 6.45) is 3.18. The lowest BCUT2D eigenvalue weighted by molar-refractivity contribution is -0.111. The van der Waals surface area contributed by atoms with Gasteiger partial charge in [0.2, 0.25) is 0 Å². The van der Waals surface area contributed by atoms with Gasteiger partial charge in [-0.3, -0.25) is 0 Å². The Morgan fingerprint density at radius 3 is 2.50 bits per heavy atom. The third kappa shape index (κ3) is 1.37. The highest BCUT2D eigenvalue weighted by molar-refractivity contribution is 5.54. The van der Waals surface area contributed by atoms with Crippen molar-refractivity contribution in [1.82, 2.24) is 5.32 Å². The van der Waals surface area contributed by atoms with E-state index in [0.717, 1.165) is 19.1 Å². The Bertz CT molecular complexity index is 124. The van der Waals surface area contributed by atoms with Gasteiger partial charge in [0.25, 0.3) is 0 Å². The quantitative estimate of drug-likeness (QED) is 0.577. The summed E-state index contributed by atoms with van der Waals surface area (Å²) in [6, 6.07) is 0.565. The fourth-order valence-corrected chi connectivity index (χ4v) is 1.81. The van der Waals surface area contributed by atoms with Crippen molar-refractivity contribution in [3.05, 3.63) is 0 Å². The maximum absolute atomic E-state index is 10.4. The van der Waals surface area contributed by atoms with Crippen molar-refractivity contribution in [1.29, 1.82) is 0 Å². The lowest BCUT2D eigenvalue weighted by atomic mass is 10.1. The number of aldehydes is 1. The van der Waals surface area contributed by atoms with Crippen LogP contribution in [0.5, 0.6) is 0 Å². The van der Waals surface area contributed by atoms with Gasteiger partial charge in [-0.2, -0.15) is 0 Å². The predicted octanol–water partition coefficient (Wildman–Crippen LogP) is 0.819. The average molecular weight is 141 g/mol. The molecule has 1 aliphatic rings. The lowest BCUT2D eigenvalue weighted by Crippen LogP contribution is -2.27. The SMILES string of the molecule is CNC1CC(C=O)CC1C. The van der Waals surface area contributed by atoms with Crippen molar-refractivity contribution in [2.75, 3.05) is 7.05 Å². The molecule has 3 unspecified atom stereocenters. The van der Waals surface area contributed by atoms with Crippen LogP contribution in [0.1, 0.15) is 19.8 Å². The molecule has 0 aromatic carbocycles. The number of carbonyl (C=O) groups excluding carboxylic acids is 1. The zero-order valence-electron chi connectivity index (χ0n) is 6.63. The minimum absolute atomic E-state index is 0.312. The van der Waals surface area contributed by atoms with E-state index in [1.165, 1.54) is 0 Å². The van der Waals surface area contributed by atoms with E-state index in [-0.39, 0.29) is 0 Å². The van der Waals surface area contributed by atoms with Gasteiger partial charge in [-0.25, -0.2) is 0 Å². The van der Waals surface area contributed by atoms with Gasteiger partial charge in [0.1, 0.15) is 6.29 Å². The molecule has 0 radical (unpaired) electrons. The first-order valence-corrected chi connectivity index (χ1v) is 3.90. The third-order valence-corrected chi connectivity index (χ3v) is 2.48. The van der Waals surface area contributed by atoms with E-state index in [9.17, 15) is 4.79 Å². The molecule has 3 atom stereocenters. The highest BCUT2D eigenvalue weighted by Gasteiger charge is 2.29. The van der Waals surface area contributed by atoms with Gasteiger partial charge in [0, 0.05) is 12.0 Å². The van der Waals surface area contributed by atoms with Crippen LogP contribution in [0.3, 0.4) is 0 Å². The van der Waals surface area contributed by atoms with Crippen LogP contribution in [0.15, 0.2) is 0 Å². The number of hydrogen-bond donors (Lipinski definition) is 1. The van der Waals surface area contributed by atoms with Crippen LogP contribution < -0.4 is 5.32 Å². The van der Waals surface area contributed by atoms with Crippen molar-refractivity contribution in [2.45, 2.75) is 25.8 Å². The number of rotatable bonds is 2. The molecule has 10 heavy (non-hydrogen) atoms. The Morgan fingerprint density at radius 1 is 1.50 bits per heavy atom.